The number of carbonyl (C=O) groups is 2. The number of rotatable bonds is 9. The van der Waals surface area contributed by atoms with Crippen LogP contribution in [-0.4, -0.2) is 53.6 Å². The van der Waals surface area contributed by atoms with Crippen LogP contribution in [0.25, 0.3) is 11.1 Å². The molecule has 0 aliphatic heterocycles. The Balaban J connectivity index is 1.32. The van der Waals surface area contributed by atoms with Crippen molar-refractivity contribution in [2.24, 2.45) is 11.8 Å². The van der Waals surface area contributed by atoms with Gasteiger partial charge in [-0.25, -0.2) is 9.78 Å². The normalized spacial score (nSPS) is 21.5. The maximum absolute atomic E-state index is 14.3. The predicted octanol–water partition coefficient (Wildman–Crippen LogP) is 6.63. The van der Waals surface area contributed by atoms with Crippen LogP contribution in [0.15, 0.2) is 48.8 Å². The summed E-state index contributed by atoms with van der Waals surface area (Å²) in [5, 5.41) is 16.5. The summed E-state index contributed by atoms with van der Waals surface area (Å²) in [6, 6.07) is 14.4. The number of carbonyl (C=O) groups excluding carboxylic acids is 2. The van der Waals surface area contributed by atoms with Crippen LogP contribution in [0.2, 0.25) is 0 Å². The zero-order valence-corrected chi connectivity index (χ0v) is 26.7. The van der Waals surface area contributed by atoms with E-state index in [-0.39, 0.29) is 29.9 Å². The van der Waals surface area contributed by atoms with Crippen molar-refractivity contribution in [3.8, 4) is 22.9 Å². The summed E-state index contributed by atoms with van der Waals surface area (Å²) in [5.74, 6) is 1.14. The van der Waals surface area contributed by atoms with Crippen molar-refractivity contribution in [1.29, 1.82) is 5.26 Å². The largest absolute Gasteiger partial charge is 0.494 e. The minimum absolute atomic E-state index is 0.119. The van der Waals surface area contributed by atoms with E-state index >= 15 is 0 Å². The molecule has 0 saturated heterocycles. The van der Waals surface area contributed by atoms with Gasteiger partial charge in [0.2, 0.25) is 5.91 Å². The standard InChI is InChI=1S/C35H44N6O4/c1-23(2)41-22-28(20-38-41)27-6-5-7-29(18-27)40(34(42)26-12-14-30(15-13-26)45-35(43)37-3)21-24-8-10-25(11-9-24)31-16-17-33(44-4)32(19-36)39-31/h5-7,16-18,20,22-26,30H,8-15,21H2,1-4H3,(H,37,43)/t24-,25-,26-,30-. The smallest absolute Gasteiger partial charge is 0.407 e. The number of ether oxygens (including phenoxy) is 2. The van der Waals surface area contributed by atoms with Crippen LogP contribution in [-0.2, 0) is 9.53 Å². The third kappa shape index (κ3) is 7.64. The Kier molecular flexibility index (Phi) is 10.4. The van der Waals surface area contributed by atoms with Crippen molar-refractivity contribution < 1.29 is 19.1 Å². The Morgan fingerprint density at radius 2 is 1.82 bits per heavy atom. The quantitative estimate of drug-likeness (QED) is 0.288. The first-order valence-electron chi connectivity index (χ1n) is 16.1. The summed E-state index contributed by atoms with van der Waals surface area (Å²) < 4.78 is 12.7. The molecule has 10 nitrogen and oxygen atoms in total. The molecule has 2 fully saturated rings. The number of nitrogens with one attached hydrogen (secondary N) is 1. The highest BCUT2D eigenvalue weighted by Crippen LogP contribution is 2.38. The van der Waals surface area contributed by atoms with Crippen LogP contribution in [0.1, 0.15) is 88.6 Å². The van der Waals surface area contributed by atoms with Crippen LogP contribution in [0, 0.1) is 23.2 Å². The van der Waals surface area contributed by atoms with Crippen molar-refractivity contribution in [2.75, 3.05) is 25.6 Å². The summed E-state index contributed by atoms with van der Waals surface area (Å²) in [6.07, 6.45) is 9.92. The number of aromatic nitrogens is 3. The number of pyridine rings is 1. The molecular weight excluding hydrogens is 568 g/mol. The van der Waals surface area contributed by atoms with Gasteiger partial charge in [0.25, 0.3) is 0 Å². The van der Waals surface area contributed by atoms with Gasteiger partial charge in [-0.1, -0.05) is 12.1 Å². The molecule has 45 heavy (non-hydrogen) atoms. The van der Waals surface area contributed by atoms with E-state index in [2.05, 4.69) is 53.6 Å². The number of alkyl carbamates (subject to hydrolysis) is 1. The van der Waals surface area contributed by atoms with E-state index < -0.39 is 6.09 Å². The molecule has 238 valence electrons. The van der Waals surface area contributed by atoms with Crippen molar-refractivity contribution in [3.63, 3.8) is 0 Å². The molecule has 0 bridgehead atoms. The predicted molar refractivity (Wildman–Crippen MR) is 172 cm³/mol. The first-order chi connectivity index (χ1) is 21.8. The number of hydrogen-bond donors (Lipinski definition) is 1. The number of hydrogen-bond acceptors (Lipinski definition) is 7. The maximum Gasteiger partial charge on any atom is 0.407 e. The van der Waals surface area contributed by atoms with E-state index in [4.69, 9.17) is 9.47 Å². The Bertz CT molecular complexity index is 1510. The van der Waals surface area contributed by atoms with Gasteiger partial charge in [0.1, 0.15) is 12.2 Å². The zero-order chi connectivity index (χ0) is 31.9. The fraction of sp³-hybridized carbons (Fsp3) is 0.514. The lowest BCUT2D eigenvalue weighted by atomic mass is 9.79. The highest BCUT2D eigenvalue weighted by molar-refractivity contribution is 5.95. The summed E-state index contributed by atoms with van der Waals surface area (Å²) in [7, 11) is 3.11. The highest BCUT2D eigenvalue weighted by atomic mass is 16.6. The average Bonchev–Trinajstić information content (AvgIpc) is 3.58. The van der Waals surface area contributed by atoms with Crippen LogP contribution in [0.3, 0.4) is 0 Å². The molecule has 0 spiro atoms. The van der Waals surface area contributed by atoms with Gasteiger partial charge in [0.05, 0.1) is 13.3 Å². The molecule has 2 aliphatic rings. The first kappa shape index (κ1) is 32.0. The lowest BCUT2D eigenvalue weighted by Gasteiger charge is -2.36. The summed E-state index contributed by atoms with van der Waals surface area (Å²) >= 11 is 0. The fourth-order valence-electron chi connectivity index (χ4n) is 6.64. The lowest BCUT2D eigenvalue weighted by Crippen LogP contribution is -2.42. The molecule has 0 unspecified atom stereocenters. The minimum Gasteiger partial charge on any atom is -0.494 e. The van der Waals surface area contributed by atoms with Gasteiger partial charge >= 0.3 is 6.09 Å². The van der Waals surface area contributed by atoms with Crippen LogP contribution >= 0.6 is 0 Å². The Morgan fingerprint density at radius 3 is 2.47 bits per heavy atom. The Hall–Kier alpha value is -4.39. The summed E-state index contributed by atoms with van der Waals surface area (Å²) in [5.41, 5.74) is 4.21. The number of nitrogens with zero attached hydrogens (tertiary/aromatic N) is 5. The van der Waals surface area contributed by atoms with E-state index in [0.717, 1.165) is 48.2 Å². The van der Waals surface area contributed by atoms with Crippen molar-refractivity contribution in [2.45, 2.75) is 83.3 Å². The van der Waals surface area contributed by atoms with E-state index in [0.29, 0.717) is 49.6 Å². The highest BCUT2D eigenvalue weighted by Gasteiger charge is 2.34. The van der Waals surface area contributed by atoms with Gasteiger partial charge in [-0.2, -0.15) is 10.4 Å². The molecule has 2 aromatic heterocycles. The third-order valence-corrected chi connectivity index (χ3v) is 9.30. The fourth-order valence-corrected chi connectivity index (χ4v) is 6.64. The van der Waals surface area contributed by atoms with Gasteiger partial charge in [-0.15, -0.1) is 0 Å². The second-order valence-electron chi connectivity index (χ2n) is 12.5. The Labute approximate surface area is 265 Å². The van der Waals surface area contributed by atoms with E-state index in [1.54, 1.807) is 14.2 Å². The topological polar surface area (TPSA) is 122 Å². The molecular formula is C35H44N6O4. The van der Waals surface area contributed by atoms with E-state index in [1.165, 1.54) is 0 Å². The monoisotopic (exact) mass is 612 g/mol. The molecule has 2 amide bonds. The molecule has 10 heteroatoms. The SMILES string of the molecule is CNC(=O)O[C@H]1CC[C@H](C(=O)N(C[C@H]2CC[C@H](c3ccc(OC)c(C#N)n3)CC2)c2cccc(-c3cnn(C(C)C)c3)c2)CC1. The number of methoxy groups -OCH3 is 1. The molecule has 1 aromatic carbocycles. The van der Waals surface area contributed by atoms with Gasteiger partial charge in [0, 0.05) is 54.6 Å². The van der Waals surface area contributed by atoms with E-state index in [9.17, 15) is 14.9 Å². The number of anilines is 1. The second kappa shape index (κ2) is 14.6. The molecule has 0 atom stereocenters. The summed E-state index contributed by atoms with van der Waals surface area (Å²) in [6.45, 7) is 4.85. The van der Waals surface area contributed by atoms with Gasteiger partial charge in [-0.05, 0) is 101 Å². The van der Waals surface area contributed by atoms with Gasteiger partial charge in [0.15, 0.2) is 11.4 Å². The van der Waals surface area contributed by atoms with E-state index in [1.807, 2.05) is 40.0 Å². The Morgan fingerprint density at radius 1 is 1.07 bits per heavy atom. The second-order valence-corrected chi connectivity index (χ2v) is 12.5. The lowest BCUT2D eigenvalue weighted by molar-refractivity contribution is -0.124. The zero-order valence-electron chi connectivity index (χ0n) is 26.7. The molecule has 0 radical (unpaired) electrons. The average molecular weight is 613 g/mol. The van der Waals surface area contributed by atoms with Crippen LogP contribution < -0.4 is 15.0 Å². The van der Waals surface area contributed by atoms with Crippen molar-refractivity contribution >= 4 is 17.7 Å². The first-order valence-corrected chi connectivity index (χ1v) is 16.1. The molecule has 2 aliphatic carbocycles. The van der Waals surface area contributed by atoms with Gasteiger partial charge in [-0.3, -0.25) is 9.48 Å². The molecule has 1 N–H and O–H groups in total. The number of nitriles is 1. The minimum atomic E-state index is -0.423. The number of amides is 2. The third-order valence-electron chi connectivity index (χ3n) is 9.30. The number of benzene rings is 1. The molecule has 2 saturated carbocycles. The van der Waals surface area contributed by atoms with Gasteiger partial charge < -0.3 is 19.7 Å². The molecule has 5 rings (SSSR count). The van der Waals surface area contributed by atoms with Crippen LogP contribution in [0.4, 0.5) is 10.5 Å². The van der Waals surface area contributed by atoms with Crippen molar-refractivity contribution in [1.82, 2.24) is 20.1 Å². The summed E-state index contributed by atoms with van der Waals surface area (Å²) in [4.78, 5) is 32.6. The van der Waals surface area contributed by atoms with Crippen LogP contribution in [0.5, 0.6) is 5.75 Å². The molecule has 2 heterocycles. The maximum atomic E-state index is 14.3. The van der Waals surface area contributed by atoms with Crippen molar-refractivity contribution in [3.05, 3.63) is 60.2 Å². The molecule has 3 aromatic rings.